The third-order valence-electron chi connectivity index (χ3n) is 2.24. The van der Waals surface area contributed by atoms with Gasteiger partial charge in [0, 0.05) is 23.1 Å². The van der Waals surface area contributed by atoms with Crippen LogP contribution in [0.25, 0.3) is 5.57 Å². The van der Waals surface area contributed by atoms with E-state index in [0.29, 0.717) is 11.1 Å². The maximum Gasteiger partial charge on any atom is 0.270 e. The van der Waals surface area contributed by atoms with E-state index in [1.807, 2.05) is 0 Å². The minimum atomic E-state index is -3.38. The van der Waals surface area contributed by atoms with E-state index in [1.165, 1.54) is 18.2 Å². The molecular formula is C9H7NO4S. The molecular weight excluding hydrogens is 218 g/mol. The van der Waals surface area contributed by atoms with E-state index in [9.17, 15) is 18.5 Å². The molecule has 78 valence electrons. The molecule has 6 heteroatoms. The number of hydrogen-bond acceptors (Lipinski definition) is 4. The van der Waals surface area contributed by atoms with Crippen LogP contribution in [0.2, 0.25) is 0 Å². The molecule has 0 atom stereocenters. The quantitative estimate of drug-likeness (QED) is 0.538. The molecule has 5 nitrogen and oxygen atoms in total. The van der Waals surface area contributed by atoms with E-state index in [-0.39, 0.29) is 10.6 Å². The molecule has 0 bridgehead atoms. The first kappa shape index (κ1) is 9.85. The van der Waals surface area contributed by atoms with Gasteiger partial charge in [-0.3, -0.25) is 10.1 Å². The number of fused-ring (bicyclic) bond motifs is 1. The average Bonchev–Trinajstić information content (AvgIpc) is 2.37. The van der Waals surface area contributed by atoms with Gasteiger partial charge in [-0.15, -0.1) is 0 Å². The number of rotatable bonds is 1. The van der Waals surface area contributed by atoms with E-state index in [1.54, 1.807) is 6.92 Å². The lowest BCUT2D eigenvalue weighted by Crippen LogP contribution is -1.95. The van der Waals surface area contributed by atoms with Gasteiger partial charge in [-0.1, -0.05) is 0 Å². The van der Waals surface area contributed by atoms with E-state index in [0.717, 1.165) is 5.41 Å². The predicted molar refractivity (Wildman–Crippen MR) is 53.9 cm³/mol. The first-order valence-electron chi connectivity index (χ1n) is 4.14. The number of hydrogen-bond donors (Lipinski definition) is 0. The second-order valence-corrected chi connectivity index (χ2v) is 5.05. The molecule has 15 heavy (non-hydrogen) atoms. The Bertz CT molecular complexity index is 586. The zero-order chi connectivity index (χ0) is 11.2. The van der Waals surface area contributed by atoms with Gasteiger partial charge < -0.3 is 0 Å². The summed E-state index contributed by atoms with van der Waals surface area (Å²) in [7, 11) is -3.38. The third-order valence-corrected chi connectivity index (χ3v) is 3.87. The molecule has 0 unspecified atom stereocenters. The first-order chi connectivity index (χ1) is 6.92. The molecule has 0 N–H and O–H groups in total. The van der Waals surface area contributed by atoms with Gasteiger partial charge in [0.1, 0.15) is 0 Å². The molecule has 2 rings (SSSR count). The normalized spacial score (nSPS) is 17.0. The second kappa shape index (κ2) is 2.90. The van der Waals surface area contributed by atoms with Gasteiger partial charge in [0.05, 0.1) is 9.82 Å². The fourth-order valence-electron chi connectivity index (χ4n) is 1.55. The largest absolute Gasteiger partial charge is 0.270 e. The highest BCUT2D eigenvalue weighted by Gasteiger charge is 2.26. The van der Waals surface area contributed by atoms with Gasteiger partial charge in [-0.25, -0.2) is 8.42 Å². The van der Waals surface area contributed by atoms with Crippen molar-refractivity contribution in [3.63, 3.8) is 0 Å². The van der Waals surface area contributed by atoms with Crippen LogP contribution in [0.1, 0.15) is 12.5 Å². The van der Waals surface area contributed by atoms with Gasteiger partial charge in [0.2, 0.25) is 9.84 Å². The van der Waals surface area contributed by atoms with Crippen LogP contribution in [0.5, 0.6) is 0 Å². The van der Waals surface area contributed by atoms with Crippen molar-refractivity contribution >= 4 is 21.1 Å². The molecule has 0 amide bonds. The number of nitrogens with zero attached hydrogens (tertiary/aromatic N) is 1. The molecule has 0 saturated carbocycles. The Hall–Kier alpha value is -1.69. The lowest BCUT2D eigenvalue weighted by Gasteiger charge is -1.99. The van der Waals surface area contributed by atoms with Crippen LogP contribution in [0.15, 0.2) is 28.5 Å². The van der Waals surface area contributed by atoms with E-state index in [2.05, 4.69) is 0 Å². The summed E-state index contributed by atoms with van der Waals surface area (Å²) >= 11 is 0. The zero-order valence-corrected chi connectivity index (χ0v) is 8.61. The van der Waals surface area contributed by atoms with Gasteiger partial charge in [-0.2, -0.15) is 0 Å². The van der Waals surface area contributed by atoms with E-state index < -0.39 is 14.8 Å². The molecule has 0 spiro atoms. The van der Waals surface area contributed by atoms with Crippen LogP contribution in [0.3, 0.4) is 0 Å². The SMILES string of the molecule is CC1=CS(=O)(=O)c2ccc([N+](=O)[O-])cc21. The monoisotopic (exact) mass is 225 g/mol. The van der Waals surface area contributed by atoms with Crippen molar-refractivity contribution in [2.45, 2.75) is 11.8 Å². The summed E-state index contributed by atoms with van der Waals surface area (Å²) < 4.78 is 23.0. The smallest absolute Gasteiger partial charge is 0.258 e. The molecule has 0 aliphatic carbocycles. The topological polar surface area (TPSA) is 77.3 Å². The molecule has 0 aromatic heterocycles. The van der Waals surface area contributed by atoms with Crippen molar-refractivity contribution in [3.05, 3.63) is 39.3 Å². The Balaban J connectivity index is 2.72. The lowest BCUT2D eigenvalue weighted by molar-refractivity contribution is -0.384. The van der Waals surface area contributed by atoms with Crippen molar-refractivity contribution in [3.8, 4) is 0 Å². The van der Waals surface area contributed by atoms with Gasteiger partial charge in [0.25, 0.3) is 5.69 Å². The van der Waals surface area contributed by atoms with E-state index >= 15 is 0 Å². The number of sulfone groups is 1. The number of benzene rings is 1. The molecule has 0 radical (unpaired) electrons. The second-order valence-electron chi connectivity index (χ2n) is 3.28. The summed E-state index contributed by atoms with van der Waals surface area (Å²) in [4.78, 5) is 10.1. The number of nitro groups is 1. The van der Waals surface area contributed by atoms with Gasteiger partial charge >= 0.3 is 0 Å². The fourth-order valence-corrected chi connectivity index (χ4v) is 3.05. The Morgan fingerprint density at radius 1 is 1.33 bits per heavy atom. The van der Waals surface area contributed by atoms with Crippen LogP contribution < -0.4 is 0 Å². The molecule has 1 aliphatic rings. The minimum absolute atomic E-state index is 0.0985. The number of non-ortho nitro benzene ring substituents is 1. The maximum atomic E-state index is 11.5. The highest BCUT2D eigenvalue weighted by molar-refractivity contribution is 7.95. The Labute approximate surface area is 86.1 Å². The van der Waals surface area contributed by atoms with Crippen molar-refractivity contribution in [2.75, 3.05) is 0 Å². The molecule has 0 fully saturated rings. The molecule has 0 saturated heterocycles. The van der Waals surface area contributed by atoms with Crippen molar-refractivity contribution in [1.29, 1.82) is 0 Å². The molecule has 1 heterocycles. The van der Waals surface area contributed by atoms with Crippen LogP contribution in [0, 0.1) is 10.1 Å². The van der Waals surface area contributed by atoms with Crippen LogP contribution in [0.4, 0.5) is 5.69 Å². The maximum absolute atomic E-state index is 11.5. The van der Waals surface area contributed by atoms with E-state index in [4.69, 9.17) is 0 Å². The highest BCUT2D eigenvalue weighted by Crippen LogP contribution is 2.34. The minimum Gasteiger partial charge on any atom is -0.258 e. The summed E-state index contributed by atoms with van der Waals surface area (Å²) in [5.41, 5.74) is 0.858. The Morgan fingerprint density at radius 2 is 2.00 bits per heavy atom. The molecule has 1 aromatic carbocycles. The Kier molecular flexibility index (Phi) is 1.90. The fraction of sp³-hybridized carbons (Fsp3) is 0.111. The number of allylic oxidation sites excluding steroid dienone is 1. The van der Waals surface area contributed by atoms with Crippen molar-refractivity contribution in [1.82, 2.24) is 0 Å². The van der Waals surface area contributed by atoms with Crippen LogP contribution in [-0.4, -0.2) is 13.3 Å². The summed E-state index contributed by atoms with van der Waals surface area (Å²) in [5.74, 6) is 0. The average molecular weight is 225 g/mol. The zero-order valence-electron chi connectivity index (χ0n) is 7.80. The molecule has 1 aliphatic heterocycles. The van der Waals surface area contributed by atoms with Gasteiger partial charge in [0.15, 0.2) is 0 Å². The van der Waals surface area contributed by atoms with Crippen molar-refractivity contribution in [2.24, 2.45) is 0 Å². The Morgan fingerprint density at radius 3 is 2.60 bits per heavy atom. The first-order valence-corrected chi connectivity index (χ1v) is 5.68. The summed E-state index contributed by atoms with van der Waals surface area (Å²) in [6, 6.07) is 3.75. The molecule has 1 aromatic rings. The van der Waals surface area contributed by atoms with Gasteiger partial charge in [-0.05, 0) is 18.6 Å². The van der Waals surface area contributed by atoms with Crippen LogP contribution in [-0.2, 0) is 9.84 Å². The number of nitro benzene ring substituents is 1. The summed E-state index contributed by atoms with van der Waals surface area (Å²) in [6.45, 7) is 1.62. The third kappa shape index (κ3) is 1.42. The predicted octanol–water partition coefficient (Wildman–Crippen LogP) is 1.74. The summed E-state index contributed by atoms with van der Waals surface area (Å²) in [5, 5.41) is 11.6. The highest BCUT2D eigenvalue weighted by atomic mass is 32.2. The lowest BCUT2D eigenvalue weighted by atomic mass is 10.1. The standard InChI is InChI=1S/C9H7NO4S/c1-6-5-15(13,14)9-3-2-7(10(11)12)4-8(6)9/h2-5H,1H3. The van der Waals surface area contributed by atoms with Crippen molar-refractivity contribution < 1.29 is 13.3 Å². The summed E-state index contributed by atoms with van der Waals surface area (Å²) in [6.07, 6.45) is 0. The van der Waals surface area contributed by atoms with Crippen LogP contribution >= 0.6 is 0 Å².